The first-order valence-corrected chi connectivity index (χ1v) is 10.8. The SMILES string of the molecule is CCCCC(=O)c1c(NN2CCN(C(C)=O)CC2)oc(C=C2C=Nc3ncccc32)c1O. The van der Waals surface area contributed by atoms with E-state index in [9.17, 15) is 14.7 Å². The second kappa shape index (κ2) is 9.35. The van der Waals surface area contributed by atoms with Crippen molar-refractivity contribution in [3.05, 3.63) is 35.2 Å². The largest absolute Gasteiger partial charge is 0.504 e. The highest BCUT2D eigenvalue weighted by molar-refractivity contribution is 6.21. The number of aliphatic imine (C=N–C) groups is 1. The molecule has 4 heterocycles. The van der Waals surface area contributed by atoms with E-state index in [1.807, 2.05) is 24.1 Å². The van der Waals surface area contributed by atoms with Gasteiger partial charge in [-0.3, -0.25) is 15.0 Å². The Morgan fingerprint density at radius 3 is 2.78 bits per heavy atom. The first-order chi connectivity index (χ1) is 15.5. The molecule has 2 N–H and O–H groups in total. The number of hydrogen-bond acceptors (Lipinski definition) is 8. The van der Waals surface area contributed by atoms with Crippen molar-refractivity contribution >= 4 is 41.3 Å². The molecule has 0 unspecified atom stereocenters. The number of Topliss-reactive ketones (excluding diaryl/α,β-unsaturated/α-hetero) is 1. The predicted octanol–water partition coefficient (Wildman–Crippen LogP) is 3.50. The minimum absolute atomic E-state index is 0.0395. The molecule has 2 aromatic heterocycles. The average molecular weight is 438 g/mol. The monoisotopic (exact) mass is 437 g/mol. The van der Waals surface area contributed by atoms with Gasteiger partial charge in [0, 0.05) is 63.1 Å². The fraction of sp³-hybridized carbons (Fsp3) is 0.391. The van der Waals surface area contributed by atoms with E-state index in [1.54, 1.807) is 30.3 Å². The van der Waals surface area contributed by atoms with Crippen LogP contribution in [0, 0.1) is 0 Å². The lowest BCUT2D eigenvalue weighted by atomic mass is 10.1. The first kappa shape index (κ1) is 21.8. The number of allylic oxidation sites excluding steroid dienone is 1. The van der Waals surface area contributed by atoms with Crippen LogP contribution in [-0.4, -0.2) is 64.1 Å². The molecule has 0 atom stereocenters. The number of amides is 1. The molecule has 168 valence electrons. The third kappa shape index (κ3) is 4.43. The quantitative estimate of drug-likeness (QED) is 0.638. The normalized spacial score (nSPS) is 17.1. The molecule has 0 aliphatic carbocycles. The summed E-state index contributed by atoms with van der Waals surface area (Å²) in [6.07, 6.45) is 6.91. The van der Waals surface area contributed by atoms with Crippen LogP contribution in [0.3, 0.4) is 0 Å². The summed E-state index contributed by atoms with van der Waals surface area (Å²) in [5.41, 5.74) is 4.87. The van der Waals surface area contributed by atoms with Crippen molar-refractivity contribution < 1.29 is 19.1 Å². The highest BCUT2D eigenvalue weighted by atomic mass is 16.4. The summed E-state index contributed by atoms with van der Waals surface area (Å²) >= 11 is 0. The minimum atomic E-state index is -0.186. The number of fused-ring (bicyclic) bond motifs is 1. The van der Waals surface area contributed by atoms with Crippen LogP contribution < -0.4 is 5.43 Å². The number of carbonyl (C=O) groups is 2. The Morgan fingerprint density at radius 2 is 2.06 bits per heavy atom. The number of nitrogens with zero attached hydrogens (tertiary/aromatic N) is 4. The van der Waals surface area contributed by atoms with Gasteiger partial charge in [0.25, 0.3) is 0 Å². The zero-order valence-electron chi connectivity index (χ0n) is 18.3. The summed E-state index contributed by atoms with van der Waals surface area (Å²) in [6.45, 7) is 5.86. The number of furan rings is 1. The first-order valence-electron chi connectivity index (χ1n) is 10.8. The topological polar surface area (TPSA) is 111 Å². The average Bonchev–Trinajstić information content (AvgIpc) is 3.33. The molecule has 0 bridgehead atoms. The molecule has 1 saturated heterocycles. The molecular formula is C23H27N5O4. The third-order valence-corrected chi connectivity index (χ3v) is 5.64. The number of aromatic nitrogens is 1. The second-order valence-electron chi connectivity index (χ2n) is 7.88. The molecule has 2 aliphatic heterocycles. The molecule has 2 aliphatic rings. The van der Waals surface area contributed by atoms with E-state index in [2.05, 4.69) is 15.4 Å². The predicted molar refractivity (Wildman–Crippen MR) is 122 cm³/mol. The number of carbonyl (C=O) groups excluding carboxylic acids is 2. The Bertz CT molecular complexity index is 1080. The summed E-state index contributed by atoms with van der Waals surface area (Å²) in [6, 6.07) is 3.71. The molecular weight excluding hydrogens is 410 g/mol. The Morgan fingerprint density at radius 1 is 1.28 bits per heavy atom. The van der Waals surface area contributed by atoms with Crippen molar-refractivity contribution in [1.29, 1.82) is 0 Å². The van der Waals surface area contributed by atoms with Gasteiger partial charge in [0.05, 0.1) is 0 Å². The number of hydrazine groups is 1. The lowest BCUT2D eigenvalue weighted by molar-refractivity contribution is -0.130. The second-order valence-corrected chi connectivity index (χ2v) is 7.88. The van der Waals surface area contributed by atoms with Gasteiger partial charge >= 0.3 is 0 Å². The number of piperazine rings is 1. The Labute approximate surface area is 186 Å². The molecule has 1 fully saturated rings. The smallest absolute Gasteiger partial charge is 0.222 e. The van der Waals surface area contributed by atoms with Gasteiger partial charge in [-0.05, 0) is 24.6 Å². The van der Waals surface area contributed by atoms with Gasteiger partial charge in [-0.25, -0.2) is 15.0 Å². The lowest BCUT2D eigenvalue weighted by Crippen LogP contribution is -2.50. The van der Waals surface area contributed by atoms with Gasteiger partial charge < -0.3 is 14.4 Å². The van der Waals surface area contributed by atoms with Crippen molar-refractivity contribution in [2.24, 2.45) is 4.99 Å². The number of ketones is 1. The Balaban J connectivity index is 1.62. The molecule has 1 amide bonds. The van der Waals surface area contributed by atoms with E-state index in [4.69, 9.17) is 4.42 Å². The Kier molecular flexibility index (Phi) is 6.36. The molecule has 4 rings (SSSR count). The standard InChI is InChI=1S/C23H27N5O4/c1-3-4-7-18(30)20-21(31)19(13-16-14-25-22-17(16)6-5-8-24-22)32-23(20)26-28-11-9-27(10-12-28)15(2)29/h5-6,8,13-14,26,31H,3-4,7,9-12H2,1-2H3. The maximum atomic E-state index is 12.9. The number of aromatic hydroxyl groups is 1. The molecule has 0 spiro atoms. The molecule has 0 radical (unpaired) electrons. The van der Waals surface area contributed by atoms with Gasteiger partial charge in [0.15, 0.2) is 23.1 Å². The molecule has 9 heteroatoms. The van der Waals surface area contributed by atoms with Crippen LogP contribution in [0.4, 0.5) is 11.7 Å². The van der Waals surface area contributed by atoms with Crippen molar-refractivity contribution in [1.82, 2.24) is 14.9 Å². The van der Waals surface area contributed by atoms with Crippen LogP contribution in [0.15, 0.2) is 27.7 Å². The van der Waals surface area contributed by atoms with Crippen molar-refractivity contribution in [3.8, 4) is 5.75 Å². The number of unbranched alkanes of at least 4 members (excludes halogenated alkanes) is 1. The van der Waals surface area contributed by atoms with E-state index in [0.717, 1.165) is 24.0 Å². The lowest BCUT2D eigenvalue weighted by Gasteiger charge is -2.34. The maximum Gasteiger partial charge on any atom is 0.222 e. The molecule has 9 nitrogen and oxygen atoms in total. The van der Waals surface area contributed by atoms with E-state index in [1.165, 1.54) is 0 Å². The van der Waals surface area contributed by atoms with Crippen molar-refractivity contribution in [3.63, 3.8) is 0 Å². The number of anilines is 1. The summed E-state index contributed by atoms with van der Waals surface area (Å²) in [5, 5.41) is 12.8. The Hall–Kier alpha value is -3.46. The van der Waals surface area contributed by atoms with Crippen LogP contribution in [0.1, 0.15) is 54.8 Å². The van der Waals surface area contributed by atoms with E-state index >= 15 is 0 Å². The summed E-state index contributed by atoms with van der Waals surface area (Å²) in [4.78, 5) is 34.7. The van der Waals surface area contributed by atoms with Crippen LogP contribution in [0.2, 0.25) is 0 Å². The van der Waals surface area contributed by atoms with E-state index in [0.29, 0.717) is 38.4 Å². The van der Waals surface area contributed by atoms with Crippen LogP contribution in [0.5, 0.6) is 5.75 Å². The maximum absolute atomic E-state index is 12.9. The van der Waals surface area contributed by atoms with Crippen molar-refractivity contribution in [2.45, 2.75) is 33.1 Å². The summed E-state index contributed by atoms with van der Waals surface area (Å²) < 4.78 is 5.94. The highest BCUT2D eigenvalue weighted by Gasteiger charge is 2.28. The highest BCUT2D eigenvalue weighted by Crippen LogP contribution is 2.39. The van der Waals surface area contributed by atoms with Gasteiger partial charge in [-0.2, -0.15) is 0 Å². The molecule has 2 aromatic rings. The van der Waals surface area contributed by atoms with Gasteiger partial charge in [-0.15, -0.1) is 0 Å². The molecule has 32 heavy (non-hydrogen) atoms. The number of nitrogens with one attached hydrogen (secondary N) is 1. The minimum Gasteiger partial charge on any atom is -0.504 e. The summed E-state index contributed by atoms with van der Waals surface area (Å²) in [5.74, 6) is 0.684. The fourth-order valence-corrected chi connectivity index (χ4v) is 3.80. The van der Waals surface area contributed by atoms with Crippen molar-refractivity contribution in [2.75, 3.05) is 31.6 Å². The van der Waals surface area contributed by atoms with Crippen LogP contribution in [0.25, 0.3) is 11.6 Å². The zero-order chi connectivity index (χ0) is 22.7. The van der Waals surface area contributed by atoms with E-state index in [-0.39, 0.29) is 34.6 Å². The van der Waals surface area contributed by atoms with Gasteiger partial charge in [0.1, 0.15) is 5.56 Å². The number of pyridine rings is 1. The third-order valence-electron chi connectivity index (χ3n) is 5.64. The van der Waals surface area contributed by atoms with Crippen LogP contribution >= 0.6 is 0 Å². The van der Waals surface area contributed by atoms with Gasteiger partial charge in [-0.1, -0.05) is 13.3 Å². The van der Waals surface area contributed by atoms with E-state index < -0.39 is 0 Å². The molecule has 0 saturated carbocycles. The number of hydrogen-bond donors (Lipinski definition) is 2. The fourth-order valence-electron chi connectivity index (χ4n) is 3.80. The van der Waals surface area contributed by atoms with Gasteiger partial charge in [0.2, 0.25) is 11.8 Å². The summed E-state index contributed by atoms with van der Waals surface area (Å²) in [7, 11) is 0. The zero-order valence-corrected chi connectivity index (χ0v) is 18.3. The van der Waals surface area contributed by atoms with Crippen LogP contribution in [-0.2, 0) is 4.79 Å². The number of rotatable bonds is 7. The molecule has 0 aromatic carbocycles.